The Morgan fingerprint density at radius 2 is 2.05 bits per heavy atom. The molecule has 2 rings (SSSR count). The summed E-state index contributed by atoms with van der Waals surface area (Å²) in [7, 11) is 0. The summed E-state index contributed by atoms with van der Waals surface area (Å²) in [5, 5.41) is 3.36. The molecule has 0 bridgehead atoms. The van der Waals surface area contributed by atoms with E-state index < -0.39 is 0 Å². The molecule has 19 heavy (non-hydrogen) atoms. The van der Waals surface area contributed by atoms with Gasteiger partial charge in [-0.05, 0) is 44.5 Å². The number of hydrogen-bond donors (Lipinski definition) is 1. The van der Waals surface area contributed by atoms with Crippen molar-refractivity contribution in [2.75, 3.05) is 6.54 Å². The highest BCUT2D eigenvalue weighted by atomic mass is 19.1. The van der Waals surface area contributed by atoms with Crippen molar-refractivity contribution >= 4 is 0 Å². The van der Waals surface area contributed by atoms with Gasteiger partial charge < -0.3 is 9.73 Å². The largest absolute Gasteiger partial charge is 0.467 e. The minimum absolute atomic E-state index is 0.199. The van der Waals surface area contributed by atoms with E-state index >= 15 is 0 Å². The highest BCUT2D eigenvalue weighted by Crippen LogP contribution is 2.28. The molecule has 1 aromatic heterocycles. The van der Waals surface area contributed by atoms with Gasteiger partial charge in [-0.15, -0.1) is 0 Å². The van der Waals surface area contributed by atoms with E-state index in [9.17, 15) is 4.39 Å². The fraction of sp³-hybridized carbons (Fsp3) is 0.375. The predicted octanol–water partition coefficient (Wildman–Crippen LogP) is 4.12. The summed E-state index contributed by atoms with van der Waals surface area (Å²) in [5.74, 6) is 0.591. The van der Waals surface area contributed by atoms with Crippen LogP contribution in [0.5, 0.6) is 0 Å². The molecular weight excluding hydrogens is 241 g/mol. The van der Waals surface area contributed by atoms with E-state index in [0.29, 0.717) is 5.56 Å². The molecule has 1 aromatic carbocycles. The van der Waals surface area contributed by atoms with Gasteiger partial charge >= 0.3 is 0 Å². The number of furan rings is 1. The van der Waals surface area contributed by atoms with E-state index in [0.717, 1.165) is 29.9 Å². The van der Waals surface area contributed by atoms with Gasteiger partial charge in [0, 0.05) is 5.56 Å². The molecule has 0 saturated heterocycles. The molecule has 0 amide bonds. The lowest BCUT2D eigenvalue weighted by Gasteiger charge is -2.19. The second kappa shape index (κ2) is 6.02. The first-order valence-electron chi connectivity index (χ1n) is 6.67. The van der Waals surface area contributed by atoms with Crippen LogP contribution in [0, 0.1) is 19.7 Å². The molecule has 0 radical (unpaired) electrons. The number of halogens is 1. The number of nitrogens with one attached hydrogen (secondary N) is 1. The van der Waals surface area contributed by atoms with Crippen LogP contribution in [0.1, 0.15) is 41.8 Å². The van der Waals surface area contributed by atoms with Crippen LogP contribution in [0.3, 0.4) is 0 Å². The molecule has 0 aliphatic carbocycles. The fourth-order valence-corrected chi connectivity index (χ4v) is 2.20. The molecule has 2 aromatic rings. The van der Waals surface area contributed by atoms with Gasteiger partial charge in [-0.1, -0.05) is 24.6 Å². The number of rotatable bonds is 5. The van der Waals surface area contributed by atoms with Gasteiger partial charge in [0.2, 0.25) is 0 Å². The Labute approximate surface area is 113 Å². The van der Waals surface area contributed by atoms with Crippen LogP contribution in [0.15, 0.2) is 34.9 Å². The molecule has 0 saturated carbocycles. The van der Waals surface area contributed by atoms with Gasteiger partial charge in [0.25, 0.3) is 0 Å². The maximum Gasteiger partial charge on any atom is 0.128 e. The minimum atomic E-state index is -0.227. The summed E-state index contributed by atoms with van der Waals surface area (Å²) >= 11 is 0. The number of benzene rings is 1. The zero-order valence-corrected chi connectivity index (χ0v) is 11.7. The summed E-state index contributed by atoms with van der Waals surface area (Å²) in [5.41, 5.74) is 2.73. The summed E-state index contributed by atoms with van der Waals surface area (Å²) in [6, 6.07) is 6.86. The van der Waals surface area contributed by atoms with Gasteiger partial charge in [0.15, 0.2) is 0 Å². The molecule has 0 fully saturated rings. The van der Waals surface area contributed by atoms with E-state index in [4.69, 9.17) is 4.42 Å². The minimum Gasteiger partial charge on any atom is -0.467 e. The Balaban J connectivity index is 2.42. The molecule has 102 valence electrons. The molecule has 0 aliphatic rings. The van der Waals surface area contributed by atoms with Crippen LogP contribution in [0.4, 0.5) is 4.39 Å². The summed E-state index contributed by atoms with van der Waals surface area (Å²) in [6.07, 6.45) is 2.64. The Morgan fingerprint density at radius 1 is 1.26 bits per heavy atom. The highest BCUT2D eigenvalue weighted by Gasteiger charge is 2.21. The van der Waals surface area contributed by atoms with Gasteiger partial charge in [-0.3, -0.25) is 0 Å². The highest BCUT2D eigenvalue weighted by molar-refractivity contribution is 5.34. The van der Waals surface area contributed by atoms with E-state index in [2.05, 4.69) is 12.2 Å². The standard InChI is InChI=1S/C16H20FNO/c1-4-8-18-15(16-12(3)7-9-19-16)13-10-11(2)5-6-14(13)17/h5-7,9-10,15,18H,4,8H2,1-3H3. The molecular formula is C16H20FNO. The average Bonchev–Trinajstić information content (AvgIpc) is 2.80. The third kappa shape index (κ3) is 3.04. The summed E-state index contributed by atoms with van der Waals surface area (Å²) in [6.45, 7) is 6.85. The molecule has 0 aliphatic heterocycles. The zero-order valence-electron chi connectivity index (χ0n) is 11.7. The van der Waals surface area contributed by atoms with Crippen molar-refractivity contribution in [1.29, 1.82) is 0 Å². The maximum atomic E-state index is 14.1. The van der Waals surface area contributed by atoms with Crippen LogP contribution in [-0.2, 0) is 0 Å². The van der Waals surface area contributed by atoms with E-state index in [1.165, 1.54) is 6.07 Å². The van der Waals surface area contributed by atoms with Crippen LogP contribution in [-0.4, -0.2) is 6.54 Å². The van der Waals surface area contributed by atoms with E-state index in [-0.39, 0.29) is 11.9 Å². The van der Waals surface area contributed by atoms with Crippen molar-refractivity contribution in [2.24, 2.45) is 0 Å². The molecule has 1 atom stereocenters. The molecule has 0 spiro atoms. The first-order chi connectivity index (χ1) is 9.13. The second-order valence-corrected chi connectivity index (χ2v) is 4.88. The molecule has 1 unspecified atom stereocenters. The topological polar surface area (TPSA) is 25.2 Å². The molecule has 1 heterocycles. The van der Waals surface area contributed by atoms with Crippen molar-refractivity contribution in [3.8, 4) is 0 Å². The summed E-state index contributed by atoms with van der Waals surface area (Å²) < 4.78 is 19.6. The van der Waals surface area contributed by atoms with Gasteiger partial charge in [-0.2, -0.15) is 0 Å². The lowest BCUT2D eigenvalue weighted by atomic mass is 9.99. The number of hydrogen-bond acceptors (Lipinski definition) is 2. The van der Waals surface area contributed by atoms with Gasteiger partial charge in [-0.25, -0.2) is 4.39 Å². The third-order valence-corrected chi connectivity index (χ3v) is 3.22. The van der Waals surface area contributed by atoms with Crippen molar-refractivity contribution in [3.05, 3.63) is 58.8 Å². The van der Waals surface area contributed by atoms with Crippen molar-refractivity contribution < 1.29 is 8.81 Å². The van der Waals surface area contributed by atoms with Crippen LogP contribution in [0.2, 0.25) is 0 Å². The van der Waals surface area contributed by atoms with Crippen molar-refractivity contribution in [3.63, 3.8) is 0 Å². The first-order valence-corrected chi connectivity index (χ1v) is 6.67. The Morgan fingerprint density at radius 3 is 2.68 bits per heavy atom. The van der Waals surface area contributed by atoms with Crippen LogP contribution in [0.25, 0.3) is 0 Å². The quantitative estimate of drug-likeness (QED) is 0.875. The van der Waals surface area contributed by atoms with Crippen LogP contribution >= 0.6 is 0 Å². The fourth-order valence-electron chi connectivity index (χ4n) is 2.20. The molecule has 1 N–H and O–H groups in total. The van der Waals surface area contributed by atoms with E-state index in [1.54, 1.807) is 12.3 Å². The van der Waals surface area contributed by atoms with Gasteiger partial charge in [0.1, 0.15) is 11.6 Å². The van der Waals surface area contributed by atoms with Gasteiger partial charge in [0.05, 0.1) is 12.3 Å². The maximum absolute atomic E-state index is 14.1. The Bertz CT molecular complexity index is 547. The zero-order chi connectivity index (χ0) is 13.8. The second-order valence-electron chi connectivity index (χ2n) is 4.88. The normalized spacial score (nSPS) is 12.6. The third-order valence-electron chi connectivity index (χ3n) is 3.22. The van der Waals surface area contributed by atoms with Crippen molar-refractivity contribution in [2.45, 2.75) is 33.2 Å². The number of aryl methyl sites for hydroxylation is 2. The Hall–Kier alpha value is -1.61. The smallest absolute Gasteiger partial charge is 0.128 e. The average molecular weight is 261 g/mol. The van der Waals surface area contributed by atoms with E-state index in [1.807, 2.05) is 26.0 Å². The molecule has 3 heteroatoms. The summed E-state index contributed by atoms with van der Waals surface area (Å²) in [4.78, 5) is 0. The lowest BCUT2D eigenvalue weighted by molar-refractivity contribution is 0.433. The Kier molecular flexibility index (Phi) is 4.38. The first kappa shape index (κ1) is 13.8. The van der Waals surface area contributed by atoms with Crippen molar-refractivity contribution in [1.82, 2.24) is 5.32 Å². The lowest BCUT2D eigenvalue weighted by Crippen LogP contribution is -2.24. The monoisotopic (exact) mass is 261 g/mol. The predicted molar refractivity (Wildman–Crippen MR) is 74.7 cm³/mol. The molecule has 2 nitrogen and oxygen atoms in total. The SMILES string of the molecule is CCCNC(c1cc(C)ccc1F)c1occc1C. The van der Waals surface area contributed by atoms with Crippen LogP contribution < -0.4 is 5.32 Å².